The van der Waals surface area contributed by atoms with Crippen LogP contribution in [0.2, 0.25) is 0 Å². The number of carbonyl (C=O) groups is 1. The average Bonchev–Trinajstić information content (AvgIpc) is 2.90. The number of nitrogens with zero attached hydrogens (tertiary/aromatic N) is 1. The molecule has 0 aromatic heterocycles. The SMILES string of the molecule is CNC(=O)C1CCCN1S(=O)(=O)c1cc(C)ccc1F. The van der Waals surface area contributed by atoms with Crippen molar-refractivity contribution in [1.82, 2.24) is 9.62 Å². The third-order valence-corrected chi connectivity index (χ3v) is 5.35. The van der Waals surface area contributed by atoms with E-state index in [1.807, 2.05) is 0 Å². The Bertz CT molecular complexity index is 631. The number of hydrogen-bond donors (Lipinski definition) is 1. The van der Waals surface area contributed by atoms with E-state index in [9.17, 15) is 17.6 Å². The Kier molecular flexibility index (Phi) is 4.10. The van der Waals surface area contributed by atoms with Crippen LogP contribution in [-0.4, -0.2) is 38.3 Å². The van der Waals surface area contributed by atoms with E-state index in [0.29, 0.717) is 18.4 Å². The molecule has 1 saturated heterocycles. The Morgan fingerprint density at radius 1 is 1.45 bits per heavy atom. The second-order valence-corrected chi connectivity index (χ2v) is 6.68. The van der Waals surface area contributed by atoms with Crippen molar-refractivity contribution in [2.75, 3.05) is 13.6 Å². The summed E-state index contributed by atoms with van der Waals surface area (Å²) in [7, 11) is -2.54. The first-order chi connectivity index (χ1) is 9.37. The van der Waals surface area contributed by atoms with E-state index in [1.165, 1.54) is 19.2 Å². The Hall–Kier alpha value is -1.47. The van der Waals surface area contributed by atoms with Crippen LogP contribution in [0.4, 0.5) is 4.39 Å². The van der Waals surface area contributed by atoms with Crippen LogP contribution in [-0.2, 0) is 14.8 Å². The molecule has 0 aliphatic carbocycles. The normalized spacial score (nSPS) is 20.1. The number of carbonyl (C=O) groups excluding carboxylic acids is 1. The first kappa shape index (κ1) is 14.9. The molecule has 1 unspecified atom stereocenters. The standard InChI is InChI=1S/C13H17FN2O3S/c1-9-5-6-10(14)12(8-9)20(18,19)16-7-3-4-11(16)13(17)15-2/h5-6,8,11H,3-4,7H2,1-2H3,(H,15,17). The van der Waals surface area contributed by atoms with Gasteiger partial charge in [0.05, 0.1) is 0 Å². The third kappa shape index (κ3) is 2.55. The van der Waals surface area contributed by atoms with Gasteiger partial charge in [0.2, 0.25) is 15.9 Å². The fourth-order valence-corrected chi connectivity index (χ4v) is 4.20. The summed E-state index contributed by atoms with van der Waals surface area (Å²) in [6, 6.07) is 3.18. The molecule has 110 valence electrons. The lowest BCUT2D eigenvalue weighted by Crippen LogP contribution is -2.45. The molecule has 1 heterocycles. The van der Waals surface area contributed by atoms with E-state index >= 15 is 0 Å². The number of nitrogens with one attached hydrogen (secondary N) is 1. The van der Waals surface area contributed by atoms with Gasteiger partial charge < -0.3 is 5.32 Å². The topological polar surface area (TPSA) is 66.5 Å². The van der Waals surface area contributed by atoms with E-state index in [1.54, 1.807) is 6.92 Å². The molecule has 1 fully saturated rings. The van der Waals surface area contributed by atoms with E-state index in [-0.39, 0.29) is 17.3 Å². The van der Waals surface area contributed by atoms with Crippen molar-refractivity contribution < 1.29 is 17.6 Å². The summed E-state index contributed by atoms with van der Waals surface area (Å²) in [6.07, 6.45) is 1.04. The lowest BCUT2D eigenvalue weighted by atomic mass is 10.2. The maximum atomic E-state index is 13.8. The van der Waals surface area contributed by atoms with Crippen molar-refractivity contribution >= 4 is 15.9 Å². The van der Waals surface area contributed by atoms with Gasteiger partial charge in [0, 0.05) is 13.6 Å². The molecule has 1 atom stereocenters. The molecule has 1 N–H and O–H groups in total. The fourth-order valence-electron chi connectivity index (χ4n) is 2.39. The molecule has 1 amide bonds. The predicted octanol–water partition coefficient (Wildman–Crippen LogP) is 1.03. The maximum absolute atomic E-state index is 13.8. The number of hydrogen-bond acceptors (Lipinski definition) is 3. The minimum Gasteiger partial charge on any atom is -0.358 e. The van der Waals surface area contributed by atoms with Gasteiger partial charge in [-0.2, -0.15) is 4.31 Å². The lowest BCUT2D eigenvalue weighted by Gasteiger charge is -2.23. The summed E-state index contributed by atoms with van der Waals surface area (Å²) in [4.78, 5) is 11.4. The van der Waals surface area contributed by atoms with Gasteiger partial charge in [-0.05, 0) is 37.5 Å². The zero-order chi connectivity index (χ0) is 14.9. The van der Waals surface area contributed by atoms with Crippen LogP contribution >= 0.6 is 0 Å². The highest BCUT2D eigenvalue weighted by molar-refractivity contribution is 7.89. The molecular weight excluding hydrogens is 283 g/mol. The third-order valence-electron chi connectivity index (χ3n) is 3.43. The molecule has 20 heavy (non-hydrogen) atoms. The van der Waals surface area contributed by atoms with Crippen LogP contribution in [0.3, 0.4) is 0 Å². The fraction of sp³-hybridized carbons (Fsp3) is 0.462. The van der Waals surface area contributed by atoms with Gasteiger partial charge >= 0.3 is 0 Å². The first-order valence-corrected chi connectivity index (χ1v) is 7.81. The number of rotatable bonds is 3. The molecule has 1 aromatic rings. The molecule has 0 bridgehead atoms. The van der Waals surface area contributed by atoms with Crippen LogP contribution in [0.15, 0.2) is 23.1 Å². The van der Waals surface area contributed by atoms with Gasteiger partial charge in [0.1, 0.15) is 16.8 Å². The molecule has 2 rings (SSSR count). The quantitative estimate of drug-likeness (QED) is 0.907. The van der Waals surface area contributed by atoms with Crippen molar-refractivity contribution in [3.8, 4) is 0 Å². The highest BCUT2D eigenvalue weighted by atomic mass is 32.2. The molecule has 7 heteroatoms. The Balaban J connectivity index is 2.44. The number of likely N-dealkylation sites (N-methyl/N-ethyl adjacent to an activating group) is 1. The highest BCUT2D eigenvalue weighted by Crippen LogP contribution is 2.28. The summed E-state index contributed by atoms with van der Waals surface area (Å²) in [5, 5.41) is 2.45. The maximum Gasteiger partial charge on any atom is 0.246 e. The van der Waals surface area contributed by atoms with Gasteiger partial charge in [-0.15, -0.1) is 0 Å². The summed E-state index contributed by atoms with van der Waals surface area (Å²) >= 11 is 0. The summed E-state index contributed by atoms with van der Waals surface area (Å²) in [5.74, 6) is -1.16. The van der Waals surface area contributed by atoms with Crippen LogP contribution in [0.25, 0.3) is 0 Å². The Labute approximate surface area is 117 Å². The molecule has 0 spiro atoms. The predicted molar refractivity (Wildman–Crippen MR) is 72.1 cm³/mol. The Morgan fingerprint density at radius 3 is 2.80 bits per heavy atom. The van der Waals surface area contributed by atoms with Gasteiger partial charge in [0.25, 0.3) is 0 Å². The number of aryl methyl sites for hydroxylation is 1. The second kappa shape index (κ2) is 5.49. The largest absolute Gasteiger partial charge is 0.358 e. The van der Waals surface area contributed by atoms with E-state index in [0.717, 1.165) is 10.4 Å². The minimum atomic E-state index is -4.00. The summed E-state index contributed by atoms with van der Waals surface area (Å²) in [6.45, 7) is 1.92. The van der Waals surface area contributed by atoms with Crippen molar-refractivity contribution in [1.29, 1.82) is 0 Å². The molecule has 5 nitrogen and oxygen atoms in total. The van der Waals surface area contributed by atoms with Gasteiger partial charge in [-0.3, -0.25) is 4.79 Å². The number of benzene rings is 1. The van der Waals surface area contributed by atoms with E-state index < -0.39 is 21.9 Å². The molecule has 1 aliphatic heterocycles. The molecular formula is C13H17FN2O3S. The zero-order valence-corrected chi connectivity index (χ0v) is 12.2. The molecule has 0 saturated carbocycles. The van der Waals surface area contributed by atoms with Gasteiger partial charge in [0.15, 0.2) is 0 Å². The Morgan fingerprint density at radius 2 is 2.15 bits per heavy atom. The number of sulfonamides is 1. The van der Waals surface area contributed by atoms with Crippen LogP contribution in [0.1, 0.15) is 18.4 Å². The van der Waals surface area contributed by atoms with Crippen molar-refractivity contribution in [2.24, 2.45) is 0 Å². The van der Waals surface area contributed by atoms with Crippen molar-refractivity contribution in [2.45, 2.75) is 30.7 Å². The second-order valence-electron chi connectivity index (χ2n) is 4.82. The zero-order valence-electron chi connectivity index (χ0n) is 11.4. The van der Waals surface area contributed by atoms with Crippen molar-refractivity contribution in [3.63, 3.8) is 0 Å². The molecule has 0 radical (unpaired) electrons. The van der Waals surface area contributed by atoms with E-state index in [4.69, 9.17) is 0 Å². The average molecular weight is 300 g/mol. The van der Waals surface area contributed by atoms with E-state index in [2.05, 4.69) is 5.32 Å². The van der Waals surface area contributed by atoms with Crippen LogP contribution in [0, 0.1) is 12.7 Å². The summed E-state index contributed by atoms with van der Waals surface area (Å²) in [5.41, 5.74) is 0.653. The van der Waals surface area contributed by atoms with Crippen LogP contribution in [0.5, 0.6) is 0 Å². The van der Waals surface area contributed by atoms with Crippen molar-refractivity contribution in [3.05, 3.63) is 29.6 Å². The highest BCUT2D eigenvalue weighted by Gasteiger charge is 2.40. The monoisotopic (exact) mass is 300 g/mol. The molecule has 1 aliphatic rings. The van der Waals surface area contributed by atoms with Crippen LogP contribution < -0.4 is 5.32 Å². The minimum absolute atomic E-state index is 0.230. The number of amides is 1. The summed E-state index contributed by atoms with van der Waals surface area (Å²) < 4.78 is 40.0. The molecule has 1 aromatic carbocycles. The van der Waals surface area contributed by atoms with Gasteiger partial charge in [-0.25, -0.2) is 12.8 Å². The number of halogens is 1. The first-order valence-electron chi connectivity index (χ1n) is 6.37. The smallest absolute Gasteiger partial charge is 0.246 e. The lowest BCUT2D eigenvalue weighted by molar-refractivity contribution is -0.123. The van der Waals surface area contributed by atoms with Gasteiger partial charge in [-0.1, -0.05) is 6.07 Å².